The van der Waals surface area contributed by atoms with E-state index in [0.717, 1.165) is 66.8 Å². The first-order chi connectivity index (χ1) is 25.7. The van der Waals surface area contributed by atoms with E-state index in [0.29, 0.717) is 0 Å². The lowest BCUT2D eigenvalue weighted by Crippen LogP contribution is -2.10. The lowest BCUT2D eigenvalue weighted by molar-refractivity contribution is 0.415. The number of ether oxygens (including phenoxy) is 1. The van der Waals surface area contributed by atoms with Crippen molar-refractivity contribution in [3.8, 4) is 28.0 Å². The first-order valence-electron chi connectivity index (χ1n) is 17.6. The Morgan fingerprint density at radius 1 is 0.404 bits per heavy atom. The third kappa shape index (κ3) is 4.98. The van der Waals surface area contributed by atoms with E-state index in [1.54, 1.807) is 7.11 Å². The molecule has 0 aliphatic rings. The molecule has 1 aromatic heterocycles. The summed E-state index contributed by atoms with van der Waals surface area (Å²) in [5.41, 5.74) is 9.64. The van der Waals surface area contributed by atoms with Gasteiger partial charge in [0.1, 0.15) is 16.9 Å². The van der Waals surface area contributed by atoms with Crippen LogP contribution in [0.15, 0.2) is 186 Å². The lowest BCUT2D eigenvalue weighted by Gasteiger charge is -2.27. The summed E-state index contributed by atoms with van der Waals surface area (Å²) in [5.74, 6) is 0.850. The van der Waals surface area contributed by atoms with E-state index in [2.05, 4.69) is 175 Å². The van der Waals surface area contributed by atoms with Crippen LogP contribution in [0.25, 0.3) is 76.5 Å². The maximum absolute atomic E-state index is 6.63. The first kappa shape index (κ1) is 30.0. The molecule has 0 unspecified atom stereocenters. The maximum Gasteiger partial charge on any atom is 0.136 e. The zero-order chi connectivity index (χ0) is 34.6. The fourth-order valence-electron chi connectivity index (χ4n) is 7.81. The normalized spacial score (nSPS) is 11.6. The van der Waals surface area contributed by atoms with E-state index in [1.165, 1.54) is 32.5 Å². The summed E-state index contributed by atoms with van der Waals surface area (Å²) >= 11 is 0. The molecule has 3 nitrogen and oxygen atoms in total. The van der Waals surface area contributed by atoms with Gasteiger partial charge in [0.25, 0.3) is 0 Å². The SMILES string of the molecule is COc1ccc(-c2ccc(N(c3cccc(-c4c5ccccc5cc5oc6ccc7ccccc7c6c45)c3)c3ccc4ccccc4c3)cc2)cc1. The van der Waals surface area contributed by atoms with Crippen molar-refractivity contribution in [3.05, 3.63) is 182 Å². The molecule has 3 heteroatoms. The molecule has 1 heterocycles. The van der Waals surface area contributed by atoms with Crippen LogP contribution in [-0.4, -0.2) is 7.11 Å². The van der Waals surface area contributed by atoms with Gasteiger partial charge in [0.2, 0.25) is 0 Å². The van der Waals surface area contributed by atoms with E-state index < -0.39 is 0 Å². The van der Waals surface area contributed by atoms with Crippen LogP contribution in [-0.2, 0) is 0 Å². The predicted molar refractivity (Wildman–Crippen MR) is 218 cm³/mol. The highest BCUT2D eigenvalue weighted by atomic mass is 16.5. The summed E-state index contributed by atoms with van der Waals surface area (Å²) < 4.78 is 12.0. The van der Waals surface area contributed by atoms with Crippen molar-refractivity contribution >= 4 is 71.3 Å². The molecule has 0 spiro atoms. The zero-order valence-electron chi connectivity index (χ0n) is 28.6. The van der Waals surface area contributed by atoms with Gasteiger partial charge in [0.15, 0.2) is 0 Å². The van der Waals surface area contributed by atoms with Gasteiger partial charge in [0, 0.05) is 33.4 Å². The van der Waals surface area contributed by atoms with Crippen molar-refractivity contribution in [2.75, 3.05) is 12.0 Å². The Morgan fingerprint density at radius 2 is 1.04 bits per heavy atom. The minimum atomic E-state index is 0.850. The van der Waals surface area contributed by atoms with Crippen LogP contribution in [0, 0.1) is 0 Å². The second-order valence-electron chi connectivity index (χ2n) is 13.3. The highest BCUT2D eigenvalue weighted by Gasteiger charge is 2.20. The number of anilines is 3. The highest BCUT2D eigenvalue weighted by Crippen LogP contribution is 2.46. The lowest BCUT2D eigenvalue weighted by atomic mass is 9.91. The molecular formula is C49H33NO2. The van der Waals surface area contributed by atoms with E-state index in [-0.39, 0.29) is 0 Å². The molecule has 0 aliphatic carbocycles. The molecule has 9 aromatic carbocycles. The van der Waals surface area contributed by atoms with Crippen LogP contribution in [0.5, 0.6) is 5.75 Å². The molecule has 0 aliphatic heterocycles. The van der Waals surface area contributed by atoms with Gasteiger partial charge in [-0.15, -0.1) is 0 Å². The number of hydrogen-bond donors (Lipinski definition) is 0. The van der Waals surface area contributed by atoms with Crippen molar-refractivity contribution in [2.45, 2.75) is 0 Å². The number of hydrogen-bond acceptors (Lipinski definition) is 3. The Bertz CT molecular complexity index is 2940. The van der Waals surface area contributed by atoms with Gasteiger partial charge in [-0.2, -0.15) is 0 Å². The van der Waals surface area contributed by atoms with Crippen molar-refractivity contribution < 1.29 is 9.15 Å². The molecule has 0 atom stereocenters. The van der Waals surface area contributed by atoms with Crippen molar-refractivity contribution in [3.63, 3.8) is 0 Å². The topological polar surface area (TPSA) is 25.6 Å². The van der Waals surface area contributed by atoms with Crippen molar-refractivity contribution in [1.29, 1.82) is 0 Å². The van der Waals surface area contributed by atoms with Crippen LogP contribution in [0.2, 0.25) is 0 Å². The molecule has 10 rings (SSSR count). The first-order valence-corrected chi connectivity index (χ1v) is 17.6. The Kier molecular flexibility index (Phi) is 7.04. The predicted octanol–water partition coefficient (Wildman–Crippen LogP) is 13.9. The molecule has 0 amide bonds. The minimum absolute atomic E-state index is 0.850. The second-order valence-corrected chi connectivity index (χ2v) is 13.3. The third-order valence-electron chi connectivity index (χ3n) is 10.3. The van der Waals surface area contributed by atoms with E-state index in [1.807, 2.05) is 12.1 Å². The summed E-state index contributed by atoms with van der Waals surface area (Å²) in [6.45, 7) is 0. The Labute approximate surface area is 301 Å². The fraction of sp³-hybridized carbons (Fsp3) is 0.0204. The van der Waals surface area contributed by atoms with E-state index in [9.17, 15) is 0 Å². The number of nitrogens with zero attached hydrogens (tertiary/aromatic N) is 1. The summed E-state index contributed by atoms with van der Waals surface area (Å²) in [6, 6.07) is 65.0. The third-order valence-corrected chi connectivity index (χ3v) is 10.3. The molecule has 52 heavy (non-hydrogen) atoms. The van der Waals surface area contributed by atoms with Crippen molar-refractivity contribution in [1.82, 2.24) is 0 Å². The highest BCUT2D eigenvalue weighted by molar-refractivity contribution is 6.27. The molecule has 0 bridgehead atoms. The van der Waals surface area contributed by atoms with Crippen LogP contribution >= 0.6 is 0 Å². The van der Waals surface area contributed by atoms with Gasteiger partial charge in [0.05, 0.1) is 7.11 Å². The number of rotatable bonds is 6. The Hall–Kier alpha value is -6.84. The molecule has 0 saturated carbocycles. The average Bonchev–Trinajstić information content (AvgIpc) is 3.59. The molecule has 0 N–H and O–H groups in total. The van der Waals surface area contributed by atoms with Gasteiger partial charge in [-0.3, -0.25) is 0 Å². The van der Waals surface area contributed by atoms with Gasteiger partial charge >= 0.3 is 0 Å². The van der Waals surface area contributed by atoms with Gasteiger partial charge in [-0.25, -0.2) is 0 Å². The molecular weight excluding hydrogens is 635 g/mol. The fourth-order valence-corrected chi connectivity index (χ4v) is 7.81. The number of fused-ring (bicyclic) bond motifs is 7. The van der Waals surface area contributed by atoms with Crippen LogP contribution in [0.3, 0.4) is 0 Å². The monoisotopic (exact) mass is 667 g/mol. The number of benzene rings is 9. The molecule has 10 aromatic rings. The van der Waals surface area contributed by atoms with Crippen LogP contribution in [0.4, 0.5) is 17.1 Å². The van der Waals surface area contributed by atoms with Crippen LogP contribution in [0.1, 0.15) is 0 Å². The van der Waals surface area contributed by atoms with E-state index >= 15 is 0 Å². The standard InChI is InChI=1S/C49H33NO2/c1-51-42-26-20-34(21-27-42)33-17-23-39(24-18-33)50(41-25-19-32-9-2-3-11-36(32)29-41)40-14-8-13-38(30-40)47-44-16-7-5-12-37(44)31-46-49(47)48-43-15-6-4-10-35(43)22-28-45(48)52-46/h2-31H,1H3. The smallest absolute Gasteiger partial charge is 0.136 e. The Morgan fingerprint density at radius 3 is 1.83 bits per heavy atom. The summed E-state index contributed by atoms with van der Waals surface area (Å²) in [5, 5.41) is 9.45. The number of furan rings is 1. The maximum atomic E-state index is 6.63. The second kappa shape index (κ2) is 12.2. The molecule has 246 valence electrons. The van der Waals surface area contributed by atoms with Gasteiger partial charge in [-0.1, -0.05) is 121 Å². The summed E-state index contributed by atoms with van der Waals surface area (Å²) in [7, 11) is 1.70. The van der Waals surface area contributed by atoms with Crippen molar-refractivity contribution in [2.24, 2.45) is 0 Å². The minimum Gasteiger partial charge on any atom is -0.497 e. The zero-order valence-corrected chi connectivity index (χ0v) is 28.6. The molecule has 0 fully saturated rings. The largest absolute Gasteiger partial charge is 0.497 e. The van der Waals surface area contributed by atoms with Gasteiger partial charge in [-0.05, 0) is 110 Å². The van der Waals surface area contributed by atoms with E-state index in [4.69, 9.17) is 9.15 Å². The summed E-state index contributed by atoms with van der Waals surface area (Å²) in [6.07, 6.45) is 0. The average molecular weight is 668 g/mol. The quantitative estimate of drug-likeness (QED) is 0.176. The van der Waals surface area contributed by atoms with Gasteiger partial charge < -0.3 is 14.1 Å². The molecule has 0 radical (unpaired) electrons. The van der Waals surface area contributed by atoms with Crippen LogP contribution < -0.4 is 9.64 Å². The number of methoxy groups -OCH3 is 1. The molecule has 0 saturated heterocycles. The summed E-state index contributed by atoms with van der Waals surface area (Å²) in [4.78, 5) is 2.36. The Balaban J connectivity index is 1.19.